The van der Waals surface area contributed by atoms with Crippen LogP contribution in [0.5, 0.6) is 11.6 Å². The fourth-order valence-corrected chi connectivity index (χ4v) is 2.29. The molecule has 0 saturated carbocycles. The predicted octanol–water partition coefficient (Wildman–Crippen LogP) is 3.05. The molecule has 1 unspecified atom stereocenters. The Morgan fingerprint density at radius 3 is 2.42 bits per heavy atom. The molecule has 1 aromatic carbocycles. The summed E-state index contributed by atoms with van der Waals surface area (Å²) >= 11 is 0. The highest BCUT2D eigenvalue weighted by molar-refractivity contribution is 5.74. The highest BCUT2D eigenvalue weighted by atomic mass is 16.5. The zero-order valence-electron chi connectivity index (χ0n) is 14.2. The van der Waals surface area contributed by atoms with Gasteiger partial charge in [-0.25, -0.2) is 9.78 Å². The van der Waals surface area contributed by atoms with Crippen LogP contribution in [-0.2, 0) is 6.54 Å². The molecule has 2 N–H and O–H groups in total. The van der Waals surface area contributed by atoms with Crippen LogP contribution in [-0.4, -0.2) is 25.2 Å². The van der Waals surface area contributed by atoms with E-state index in [2.05, 4.69) is 15.6 Å². The second-order valence-electron chi connectivity index (χ2n) is 5.27. The minimum Gasteiger partial charge on any atom is -0.497 e. The van der Waals surface area contributed by atoms with Crippen molar-refractivity contribution in [2.24, 2.45) is 0 Å². The molecule has 0 spiro atoms. The average Bonchev–Trinajstić information content (AvgIpc) is 2.65. The maximum Gasteiger partial charge on any atom is 0.315 e. The first-order valence-electron chi connectivity index (χ1n) is 7.83. The molecule has 6 nitrogen and oxygen atoms in total. The Hall–Kier alpha value is -2.76. The molecule has 0 radical (unpaired) electrons. The van der Waals surface area contributed by atoms with Crippen LogP contribution in [0.1, 0.15) is 30.5 Å². The molecule has 1 aromatic heterocycles. The normalized spacial score (nSPS) is 11.5. The third-order valence-corrected chi connectivity index (χ3v) is 3.69. The van der Waals surface area contributed by atoms with Gasteiger partial charge < -0.3 is 20.1 Å². The minimum atomic E-state index is -0.214. The van der Waals surface area contributed by atoms with Crippen molar-refractivity contribution < 1.29 is 14.3 Å². The van der Waals surface area contributed by atoms with E-state index in [1.165, 1.54) is 0 Å². The van der Waals surface area contributed by atoms with E-state index in [1.807, 2.05) is 37.3 Å². The molecule has 1 atom stereocenters. The number of hydrogen-bond acceptors (Lipinski definition) is 4. The SMILES string of the molecule is CCC(NC(=O)NCc1ccc(OC)nc1)c1ccc(OC)cc1. The summed E-state index contributed by atoms with van der Waals surface area (Å²) in [6.07, 6.45) is 2.48. The summed E-state index contributed by atoms with van der Waals surface area (Å²) in [5, 5.41) is 5.82. The number of urea groups is 1. The highest BCUT2D eigenvalue weighted by Gasteiger charge is 2.12. The second kappa shape index (κ2) is 8.76. The Bertz CT molecular complexity index is 642. The van der Waals surface area contributed by atoms with E-state index < -0.39 is 0 Å². The van der Waals surface area contributed by atoms with Gasteiger partial charge in [0.05, 0.1) is 20.3 Å². The van der Waals surface area contributed by atoms with Crippen molar-refractivity contribution in [3.63, 3.8) is 0 Å². The Balaban J connectivity index is 1.88. The summed E-state index contributed by atoms with van der Waals surface area (Å²) in [6, 6.07) is 11.1. The molecule has 2 amide bonds. The minimum absolute atomic E-state index is 0.0510. The fraction of sp³-hybridized carbons (Fsp3) is 0.333. The standard InChI is InChI=1S/C18H23N3O3/c1-4-16(14-6-8-15(23-2)9-7-14)21-18(22)20-12-13-5-10-17(24-3)19-11-13/h5-11,16H,4,12H2,1-3H3,(H2,20,21,22). The van der Waals surface area contributed by atoms with Gasteiger partial charge in [-0.2, -0.15) is 0 Å². The Morgan fingerprint density at radius 1 is 1.12 bits per heavy atom. The Labute approximate surface area is 142 Å². The molecule has 0 aliphatic carbocycles. The first-order chi connectivity index (χ1) is 11.7. The van der Waals surface area contributed by atoms with Gasteiger partial charge >= 0.3 is 6.03 Å². The van der Waals surface area contributed by atoms with E-state index in [4.69, 9.17) is 9.47 Å². The summed E-state index contributed by atoms with van der Waals surface area (Å²) in [4.78, 5) is 16.2. The molecule has 0 fully saturated rings. The van der Waals surface area contributed by atoms with Crippen LogP contribution in [0.3, 0.4) is 0 Å². The number of nitrogens with zero attached hydrogens (tertiary/aromatic N) is 1. The maximum atomic E-state index is 12.1. The van der Waals surface area contributed by atoms with E-state index in [9.17, 15) is 4.79 Å². The summed E-state index contributed by atoms with van der Waals surface area (Å²) < 4.78 is 10.2. The van der Waals surface area contributed by atoms with E-state index in [0.717, 1.165) is 23.3 Å². The van der Waals surface area contributed by atoms with E-state index >= 15 is 0 Å². The Kier molecular flexibility index (Phi) is 6.42. The number of carbonyl (C=O) groups is 1. The van der Waals surface area contributed by atoms with Crippen molar-refractivity contribution in [2.75, 3.05) is 14.2 Å². The molecular formula is C18H23N3O3. The lowest BCUT2D eigenvalue weighted by Gasteiger charge is -2.18. The van der Waals surface area contributed by atoms with Crippen LogP contribution in [0.2, 0.25) is 0 Å². The number of aromatic nitrogens is 1. The van der Waals surface area contributed by atoms with Crippen molar-refractivity contribution >= 4 is 6.03 Å². The summed E-state index contributed by atoms with van der Waals surface area (Å²) in [5.74, 6) is 1.35. The third-order valence-electron chi connectivity index (χ3n) is 3.69. The molecule has 1 heterocycles. The zero-order valence-corrected chi connectivity index (χ0v) is 14.2. The van der Waals surface area contributed by atoms with Crippen LogP contribution < -0.4 is 20.1 Å². The quantitative estimate of drug-likeness (QED) is 0.819. The van der Waals surface area contributed by atoms with Crippen molar-refractivity contribution in [3.8, 4) is 11.6 Å². The molecule has 6 heteroatoms. The second-order valence-corrected chi connectivity index (χ2v) is 5.27. The van der Waals surface area contributed by atoms with E-state index in [1.54, 1.807) is 26.5 Å². The van der Waals surface area contributed by atoms with Crippen LogP contribution in [0, 0.1) is 0 Å². The lowest BCUT2D eigenvalue weighted by molar-refractivity contribution is 0.236. The molecule has 0 saturated heterocycles. The summed E-state index contributed by atoms with van der Waals surface area (Å²) in [7, 11) is 3.20. The molecule has 0 bridgehead atoms. The van der Waals surface area contributed by atoms with Crippen LogP contribution in [0.15, 0.2) is 42.6 Å². The number of amides is 2. The molecule has 2 rings (SSSR count). The highest BCUT2D eigenvalue weighted by Crippen LogP contribution is 2.20. The van der Waals surface area contributed by atoms with Gasteiger partial charge in [0.15, 0.2) is 0 Å². The molecule has 0 aliphatic heterocycles. The predicted molar refractivity (Wildman–Crippen MR) is 92.2 cm³/mol. The fourth-order valence-electron chi connectivity index (χ4n) is 2.29. The van der Waals surface area contributed by atoms with Crippen molar-refractivity contribution in [1.82, 2.24) is 15.6 Å². The number of pyridine rings is 1. The Morgan fingerprint density at radius 2 is 1.88 bits per heavy atom. The first-order valence-corrected chi connectivity index (χ1v) is 7.83. The smallest absolute Gasteiger partial charge is 0.315 e. The van der Waals surface area contributed by atoms with Gasteiger partial charge in [-0.15, -0.1) is 0 Å². The van der Waals surface area contributed by atoms with Gasteiger partial charge in [0, 0.05) is 18.8 Å². The van der Waals surface area contributed by atoms with Gasteiger partial charge in [0.2, 0.25) is 5.88 Å². The third kappa shape index (κ3) is 4.87. The lowest BCUT2D eigenvalue weighted by Crippen LogP contribution is -2.37. The molecule has 128 valence electrons. The average molecular weight is 329 g/mol. The van der Waals surface area contributed by atoms with Gasteiger partial charge in [0.1, 0.15) is 5.75 Å². The van der Waals surface area contributed by atoms with Gasteiger partial charge in [-0.1, -0.05) is 25.1 Å². The zero-order chi connectivity index (χ0) is 17.4. The van der Waals surface area contributed by atoms with Crippen LogP contribution in [0.4, 0.5) is 4.79 Å². The topological polar surface area (TPSA) is 72.5 Å². The summed E-state index contributed by atoms with van der Waals surface area (Å²) in [6.45, 7) is 2.43. The number of rotatable bonds is 7. The van der Waals surface area contributed by atoms with Crippen molar-refractivity contribution in [2.45, 2.75) is 25.9 Å². The monoisotopic (exact) mass is 329 g/mol. The van der Waals surface area contributed by atoms with E-state index in [-0.39, 0.29) is 12.1 Å². The maximum absolute atomic E-state index is 12.1. The van der Waals surface area contributed by atoms with Gasteiger partial charge in [0.25, 0.3) is 0 Å². The summed E-state index contributed by atoms with van der Waals surface area (Å²) in [5.41, 5.74) is 1.95. The number of benzene rings is 1. The van der Waals surface area contributed by atoms with Crippen LogP contribution >= 0.6 is 0 Å². The number of carbonyl (C=O) groups excluding carboxylic acids is 1. The molecule has 2 aromatic rings. The van der Waals surface area contributed by atoms with Crippen molar-refractivity contribution in [3.05, 3.63) is 53.7 Å². The van der Waals surface area contributed by atoms with Crippen LogP contribution in [0.25, 0.3) is 0 Å². The van der Waals surface area contributed by atoms with E-state index in [0.29, 0.717) is 12.4 Å². The molecule has 24 heavy (non-hydrogen) atoms. The number of methoxy groups -OCH3 is 2. The number of ether oxygens (including phenoxy) is 2. The number of hydrogen-bond donors (Lipinski definition) is 2. The van der Waals surface area contributed by atoms with Gasteiger partial charge in [-0.05, 0) is 29.7 Å². The largest absolute Gasteiger partial charge is 0.497 e. The number of nitrogens with one attached hydrogen (secondary N) is 2. The first kappa shape index (κ1) is 17.6. The van der Waals surface area contributed by atoms with Gasteiger partial charge in [-0.3, -0.25) is 0 Å². The molecule has 0 aliphatic rings. The molecular weight excluding hydrogens is 306 g/mol. The lowest BCUT2D eigenvalue weighted by atomic mass is 10.0. The van der Waals surface area contributed by atoms with Crippen molar-refractivity contribution in [1.29, 1.82) is 0 Å².